The number of aromatic nitrogens is 3. The molecule has 0 fully saturated rings. The number of benzene rings is 8. The Morgan fingerprint density at radius 1 is 0.322 bits per heavy atom. The van der Waals surface area contributed by atoms with Crippen molar-refractivity contribution < 1.29 is 0 Å². The third kappa shape index (κ3) is 5.20. The van der Waals surface area contributed by atoms with Gasteiger partial charge < -0.3 is 14.0 Å². The predicted octanol–water partition coefficient (Wildman–Crippen LogP) is 14.6. The molecule has 4 nitrogen and oxygen atoms in total. The predicted molar refractivity (Wildman–Crippen MR) is 245 cm³/mol. The van der Waals surface area contributed by atoms with Gasteiger partial charge in [-0.3, -0.25) is 4.98 Å². The van der Waals surface area contributed by atoms with Gasteiger partial charge in [-0.25, -0.2) is 0 Å². The van der Waals surface area contributed by atoms with Crippen LogP contribution < -0.4 is 4.90 Å². The zero-order valence-electron chi connectivity index (χ0n) is 32.1. The molecular formula is C55H36N4. The van der Waals surface area contributed by atoms with E-state index in [9.17, 15) is 0 Å². The lowest BCUT2D eigenvalue weighted by Gasteiger charge is -2.27. The van der Waals surface area contributed by atoms with Crippen molar-refractivity contribution in [3.63, 3.8) is 0 Å². The normalized spacial score (nSPS) is 12.0. The van der Waals surface area contributed by atoms with Crippen LogP contribution in [0.1, 0.15) is 0 Å². The molecule has 0 aliphatic carbocycles. The second-order valence-electron chi connectivity index (χ2n) is 15.2. The molecule has 276 valence electrons. The Bertz CT molecular complexity index is 3350. The van der Waals surface area contributed by atoms with Gasteiger partial charge in [-0.2, -0.15) is 0 Å². The monoisotopic (exact) mass is 752 g/mol. The SMILES string of the molecule is c1ccc(N2c3ccccc3-c3c(n(-c4cccc(-c5cncc(-c6cccc(-n7c8ccccc8c8ccccc87)c6)c5)c4)c4ccccc34)-c3ccccc32)cc1. The molecule has 0 amide bonds. The van der Waals surface area contributed by atoms with Crippen LogP contribution in [0.15, 0.2) is 219 Å². The van der Waals surface area contributed by atoms with Crippen molar-refractivity contribution in [3.8, 4) is 56.0 Å². The van der Waals surface area contributed by atoms with Crippen molar-refractivity contribution in [1.29, 1.82) is 0 Å². The van der Waals surface area contributed by atoms with Crippen molar-refractivity contribution in [2.45, 2.75) is 0 Å². The molecule has 0 N–H and O–H groups in total. The van der Waals surface area contributed by atoms with Gasteiger partial charge in [0.15, 0.2) is 0 Å². The van der Waals surface area contributed by atoms with Crippen LogP contribution >= 0.6 is 0 Å². The first-order valence-electron chi connectivity index (χ1n) is 20.1. The lowest BCUT2D eigenvalue weighted by molar-refractivity contribution is 1.13. The van der Waals surface area contributed by atoms with Crippen LogP contribution in [0, 0.1) is 0 Å². The highest BCUT2D eigenvalue weighted by atomic mass is 15.2. The van der Waals surface area contributed by atoms with Crippen molar-refractivity contribution in [1.82, 2.24) is 14.1 Å². The van der Waals surface area contributed by atoms with E-state index in [4.69, 9.17) is 4.98 Å². The highest BCUT2D eigenvalue weighted by Crippen LogP contribution is 2.54. The summed E-state index contributed by atoms with van der Waals surface area (Å²) in [6, 6.07) is 74.5. The van der Waals surface area contributed by atoms with Gasteiger partial charge in [0, 0.05) is 73.4 Å². The van der Waals surface area contributed by atoms with E-state index in [0.717, 1.165) is 50.7 Å². The van der Waals surface area contributed by atoms with Crippen molar-refractivity contribution in [3.05, 3.63) is 219 Å². The molecule has 4 heterocycles. The fourth-order valence-electron chi connectivity index (χ4n) is 9.38. The van der Waals surface area contributed by atoms with Crippen LogP contribution in [-0.2, 0) is 0 Å². The Morgan fingerprint density at radius 3 is 1.44 bits per heavy atom. The van der Waals surface area contributed by atoms with E-state index in [2.05, 4.69) is 220 Å². The minimum Gasteiger partial charge on any atom is -0.309 e. The molecule has 0 spiro atoms. The summed E-state index contributed by atoms with van der Waals surface area (Å²) in [5.41, 5.74) is 18.4. The maximum absolute atomic E-state index is 4.83. The van der Waals surface area contributed by atoms with Gasteiger partial charge in [0.1, 0.15) is 0 Å². The van der Waals surface area contributed by atoms with Gasteiger partial charge in [0.25, 0.3) is 0 Å². The van der Waals surface area contributed by atoms with Crippen LogP contribution in [0.3, 0.4) is 0 Å². The third-order valence-corrected chi connectivity index (χ3v) is 11.9. The highest BCUT2D eigenvalue weighted by molar-refractivity contribution is 6.13. The summed E-state index contributed by atoms with van der Waals surface area (Å²) in [7, 11) is 0. The summed E-state index contributed by atoms with van der Waals surface area (Å²) in [6.07, 6.45) is 3.96. The molecule has 0 atom stereocenters. The van der Waals surface area contributed by atoms with Crippen LogP contribution in [-0.4, -0.2) is 14.1 Å². The molecule has 0 saturated heterocycles. The zero-order chi connectivity index (χ0) is 38.9. The van der Waals surface area contributed by atoms with Gasteiger partial charge in [-0.1, -0.05) is 133 Å². The van der Waals surface area contributed by atoms with Crippen molar-refractivity contribution >= 4 is 49.8 Å². The minimum atomic E-state index is 1.06. The smallest absolute Gasteiger partial charge is 0.0641 e. The van der Waals surface area contributed by atoms with Crippen LogP contribution in [0.2, 0.25) is 0 Å². The van der Waals surface area contributed by atoms with Crippen molar-refractivity contribution in [2.24, 2.45) is 0 Å². The molecule has 11 aromatic rings. The Balaban J connectivity index is 1.01. The summed E-state index contributed by atoms with van der Waals surface area (Å²) in [5.74, 6) is 0. The number of hydrogen-bond donors (Lipinski definition) is 0. The molecule has 8 aromatic carbocycles. The summed E-state index contributed by atoms with van der Waals surface area (Å²) in [6.45, 7) is 0. The second-order valence-corrected chi connectivity index (χ2v) is 15.2. The maximum atomic E-state index is 4.83. The minimum absolute atomic E-state index is 1.06. The van der Waals surface area contributed by atoms with Gasteiger partial charge in [0.05, 0.1) is 33.6 Å². The highest BCUT2D eigenvalue weighted by Gasteiger charge is 2.31. The van der Waals surface area contributed by atoms with E-state index in [1.807, 2.05) is 12.4 Å². The Kier molecular flexibility index (Phi) is 7.50. The van der Waals surface area contributed by atoms with Gasteiger partial charge in [-0.15, -0.1) is 0 Å². The molecule has 1 aliphatic heterocycles. The van der Waals surface area contributed by atoms with Crippen LogP contribution in [0.4, 0.5) is 17.1 Å². The lowest BCUT2D eigenvalue weighted by atomic mass is 9.98. The van der Waals surface area contributed by atoms with E-state index in [0.29, 0.717) is 0 Å². The molecule has 0 unspecified atom stereocenters. The molecule has 0 bridgehead atoms. The van der Waals surface area contributed by atoms with Gasteiger partial charge >= 0.3 is 0 Å². The lowest BCUT2D eigenvalue weighted by Crippen LogP contribution is -2.11. The van der Waals surface area contributed by atoms with E-state index < -0.39 is 0 Å². The third-order valence-electron chi connectivity index (χ3n) is 11.9. The number of para-hydroxylation sites is 6. The maximum Gasteiger partial charge on any atom is 0.0641 e. The molecule has 0 saturated carbocycles. The van der Waals surface area contributed by atoms with E-state index in [1.165, 1.54) is 55.1 Å². The second kappa shape index (κ2) is 13.3. The first-order chi connectivity index (χ1) is 29.3. The van der Waals surface area contributed by atoms with E-state index >= 15 is 0 Å². The first kappa shape index (κ1) is 33.2. The molecule has 59 heavy (non-hydrogen) atoms. The van der Waals surface area contributed by atoms with Crippen molar-refractivity contribution in [2.75, 3.05) is 4.90 Å². The fraction of sp³-hybridized carbons (Fsp3) is 0. The molecule has 1 aliphatic rings. The number of anilines is 3. The van der Waals surface area contributed by atoms with Crippen LogP contribution in [0.25, 0.3) is 88.7 Å². The molecule has 12 rings (SSSR count). The topological polar surface area (TPSA) is 26.0 Å². The summed E-state index contributed by atoms with van der Waals surface area (Å²) in [4.78, 5) is 7.24. The largest absolute Gasteiger partial charge is 0.309 e. The Hall–Kier alpha value is -7.95. The number of hydrogen-bond acceptors (Lipinski definition) is 2. The Labute approximate surface area is 342 Å². The summed E-state index contributed by atoms with van der Waals surface area (Å²) in [5, 5.41) is 3.73. The summed E-state index contributed by atoms with van der Waals surface area (Å²) < 4.78 is 4.83. The first-order valence-corrected chi connectivity index (χ1v) is 20.1. The quantitative estimate of drug-likeness (QED) is 0.175. The zero-order valence-corrected chi connectivity index (χ0v) is 32.1. The fourth-order valence-corrected chi connectivity index (χ4v) is 9.38. The summed E-state index contributed by atoms with van der Waals surface area (Å²) >= 11 is 0. The Morgan fingerprint density at radius 2 is 0.797 bits per heavy atom. The molecule has 3 aromatic heterocycles. The molecule has 4 heteroatoms. The number of fused-ring (bicyclic) bond motifs is 10. The molecule has 0 radical (unpaired) electrons. The van der Waals surface area contributed by atoms with Gasteiger partial charge in [-0.05, 0) is 83.9 Å². The average molecular weight is 753 g/mol. The van der Waals surface area contributed by atoms with Gasteiger partial charge in [0.2, 0.25) is 0 Å². The van der Waals surface area contributed by atoms with Crippen LogP contribution in [0.5, 0.6) is 0 Å². The average Bonchev–Trinajstić information content (AvgIpc) is 3.79. The number of pyridine rings is 1. The number of nitrogens with zero attached hydrogens (tertiary/aromatic N) is 4. The number of rotatable bonds is 5. The van der Waals surface area contributed by atoms with E-state index in [1.54, 1.807) is 0 Å². The standard InChI is InChI=1S/C55H36N4/c1-2-18-41(19-3-1)57-51-29-11-6-24-46(51)54-47-25-7-12-30-52(47)59(55(54)48-26-8-13-31-53(48)57)43-21-15-17-38(34-43)40-32-39(35-56-36-40)37-16-14-20-42(33-37)58-49-27-9-4-22-44(49)45-23-5-10-28-50(45)58/h1-36H. The van der Waals surface area contributed by atoms with E-state index in [-0.39, 0.29) is 0 Å². The molecular weight excluding hydrogens is 717 g/mol.